The first-order valence-corrected chi connectivity index (χ1v) is 10.5. The van der Waals surface area contributed by atoms with Gasteiger partial charge in [-0.2, -0.15) is 0 Å². The minimum atomic E-state index is -0.631. The van der Waals surface area contributed by atoms with Crippen molar-refractivity contribution in [1.82, 2.24) is 24.6 Å². The lowest BCUT2D eigenvalue weighted by Crippen LogP contribution is -2.26. The molecule has 2 heterocycles. The second-order valence-corrected chi connectivity index (χ2v) is 8.04. The third kappa shape index (κ3) is 3.27. The van der Waals surface area contributed by atoms with Crippen molar-refractivity contribution in [2.24, 2.45) is 0 Å². The smallest absolute Gasteiger partial charge is 0.282 e. The van der Waals surface area contributed by atoms with Crippen LogP contribution in [0, 0.1) is 5.82 Å². The van der Waals surface area contributed by atoms with Crippen molar-refractivity contribution in [2.45, 2.75) is 38.1 Å². The number of amides is 1. The largest absolute Gasteiger partial charge is 0.344 e. The van der Waals surface area contributed by atoms with Crippen LogP contribution in [-0.2, 0) is 4.84 Å². The van der Waals surface area contributed by atoms with E-state index in [1.165, 1.54) is 58.7 Å². The molecule has 5 rings (SSSR count). The van der Waals surface area contributed by atoms with Crippen LogP contribution in [0.5, 0.6) is 0 Å². The lowest BCUT2D eigenvalue weighted by Gasteiger charge is -2.23. The third-order valence-electron chi connectivity index (χ3n) is 6.28. The van der Waals surface area contributed by atoms with Crippen LogP contribution in [0.2, 0.25) is 0 Å². The Morgan fingerprint density at radius 3 is 2.81 bits per heavy atom. The molecule has 1 aliphatic carbocycles. The average Bonchev–Trinajstić information content (AvgIpc) is 3.45. The minimum absolute atomic E-state index is 0.0942. The standard InChI is InChI=1S/C23H24FN5O2/c1-28(31-2)23(30)20-17(24)11-16(21-22(20)26-12-25-21)14-8-9-19-18(10-14)27-13-29(19)15-6-4-3-5-7-15/h8-13,15H,3-7H2,1-2H3,(H,25,26). The Labute approximate surface area is 178 Å². The molecule has 0 radical (unpaired) electrons. The highest BCUT2D eigenvalue weighted by molar-refractivity contribution is 6.08. The molecule has 1 aliphatic rings. The Morgan fingerprint density at radius 2 is 2.03 bits per heavy atom. The summed E-state index contributed by atoms with van der Waals surface area (Å²) >= 11 is 0. The molecule has 2 aromatic heterocycles. The van der Waals surface area contributed by atoms with Crippen molar-refractivity contribution >= 4 is 28.0 Å². The molecule has 31 heavy (non-hydrogen) atoms. The van der Waals surface area contributed by atoms with Gasteiger partial charge in [0, 0.05) is 18.7 Å². The normalized spacial score (nSPS) is 15.1. The summed E-state index contributed by atoms with van der Waals surface area (Å²) < 4.78 is 17.3. The van der Waals surface area contributed by atoms with E-state index in [-0.39, 0.29) is 5.56 Å². The van der Waals surface area contributed by atoms with E-state index in [9.17, 15) is 4.79 Å². The fourth-order valence-corrected chi connectivity index (χ4v) is 4.59. The van der Waals surface area contributed by atoms with E-state index in [0.29, 0.717) is 22.6 Å². The Kier molecular flexibility index (Phi) is 4.94. The summed E-state index contributed by atoms with van der Waals surface area (Å²) in [6.07, 6.45) is 9.54. The fourth-order valence-electron chi connectivity index (χ4n) is 4.59. The summed E-state index contributed by atoms with van der Waals surface area (Å²) in [5.41, 5.74) is 4.14. The first-order valence-electron chi connectivity index (χ1n) is 10.5. The van der Waals surface area contributed by atoms with E-state index < -0.39 is 11.7 Å². The fraction of sp³-hybridized carbons (Fsp3) is 0.348. The molecule has 0 saturated heterocycles. The quantitative estimate of drug-likeness (QED) is 0.478. The number of nitrogens with zero attached hydrogens (tertiary/aromatic N) is 4. The van der Waals surface area contributed by atoms with Crippen LogP contribution in [0.1, 0.15) is 48.5 Å². The zero-order valence-electron chi connectivity index (χ0n) is 17.6. The number of fused-ring (bicyclic) bond motifs is 2. The van der Waals surface area contributed by atoms with Crippen molar-refractivity contribution in [1.29, 1.82) is 0 Å². The zero-order chi connectivity index (χ0) is 21.5. The molecule has 1 amide bonds. The first-order chi connectivity index (χ1) is 15.1. The van der Waals surface area contributed by atoms with Gasteiger partial charge in [0.1, 0.15) is 11.4 Å². The zero-order valence-corrected chi connectivity index (χ0v) is 17.6. The van der Waals surface area contributed by atoms with Gasteiger partial charge in [0.05, 0.1) is 41.8 Å². The summed E-state index contributed by atoms with van der Waals surface area (Å²) in [6, 6.07) is 7.82. The van der Waals surface area contributed by atoms with E-state index >= 15 is 4.39 Å². The van der Waals surface area contributed by atoms with Gasteiger partial charge in [0.2, 0.25) is 0 Å². The van der Waals surface area contributed by atoms with Crippen LogP contribution in [0.3, 0.4) is 0 Å². The van der Waals surface area contributed by atoms with E-state index in [1.54, 1.807) is 0 Å². The van der Waals surface area contributed by atoms with Gasteiger partial charge in [-0.15, -0.1) is 0 Å². The van der Waals surface area contributed by atoms with Crippen molar-refractivity contribution in [3.8, 4) is 11.1 Å². The number of carbonyl (C=O) groups excluding carboxylic acids is 1. The minimum Gasteiger partial charge on any atom is -0.344 e. The second-order valence-electron chi connectivity index (χ2n) is 8.04. The van der Waals surface area contributed by atoms with Crippen LogP contribution < -0.4 is 0 Å². The number of carbonyl (C=O) groups is 1. The number of hydrogen-bond acceptors (Lipinski definition) is 4. The molecule has 160 valence electrons. The lowest BCUT2D eigenvalue weighted by molar-refractivity contribution is -0.0758. The molecule has 8 heteroatoms. The van der Waals surface area contributed by atoms with E-state index in [0.717, 1.165) is 21.7 Å². The van der Waals surface area contributed by atoms with Gasteiger partial charge >= 0.3 is 0 Å². The Balaban J connectivity index is 1.60. The van der Waals surface area contributed by atoms with Crippen molar-refractivity contribution in [3.05, 3.63) is 48.3 Å². The number of imidazole rings is 2. The predicted octanol–water partition coefficient (Wildman–Crippen LogP) is 4.86. The summed E-state index contributed by atoms with van der Waals surface area (Å²) in [5.74, 6) is -1.21. The molecule has 0 atom stereocenters. The van der Waals surface area contributed by atoms with Crippen molar-refractivity contribution < 1.29 is 14.0 Å². The maximum Gasteiger partial charge on any atom is 0.282 e. The second kappa shape index (κ2) is 7.77. The number of aromatic nitrogens is 4. The molecule has 7 nitrogen and oxygen atoms in total. The molecule has 0 unspecified atom stereocenters. The molecular formula is C23H24FN5O2. The van der Waals surface area contributed by atoms with Crippen LogP contribution in [0.25, 0.3) is 33.2 Å². The molecule has 0 bridgehead atoms. The number of hydroxylamine groups is 2. The number of benzene rings is 2. The Hall–Kier alpha value is -3.26. The SMILES string of the molecule is CON(C)C(=O)c1c(F)cc(-c2ccc3c(c2)ncn3C2CCCCC2)c2nc[nH]c12. The molecular weight excluding hydrogens is 397 g/mol. The maximum absolute atomic E-state index is 15.1. The Morgan fingerprint density at radius 1 is 1.23 bits per heavy atom. The summed E-state index contributed by atoms with van der Waals surface area (Å²) in [7, 11) is 2.80. The maximum atomic E-state index is 15.1. The summed E-state index contributed by atoms with van der Waals surface area (Å²) in [4.78, 5) is 29.4. The monoisotopic (exact) mass is 421 g/mol. The highest BCUT2D eigenvalue weighted by Crippen LogP contribution is 2.35. The van der Waals surface area contributed by atoms with Gasteiger partial charge in [0.25, 0.3) is 5.91 Å². The van der Waals surface area contributed by atoms with E-state index in [2.05, 4.69) is 19.5 Å². The van der Waals surface area contributed by atoms with Gasteiger partial charge in [0.15, 0.2) is 0 Å². The number of H-pyrrole nitrogens is 1. The molecule has 1 saturated carbocycles. The van der Waals surface area contributed by atoms with Crippen LogP contribution >= 0.6 is 0 Å². The highest BCUT2D eigenvalue weighted by Gasteiger charge is 2.24. The molecule has 0 spiro atoms. The highest BCUT2D eigenvalue weighted by atomic mass is 19.1. The number of hydrogen-bond donors (Lipinski definition) is 1. The van der Waals surface area contributed by atoms with Crippen LogP contribution in [-0.4, -0.2) is 44.6 Å². The van der Waals surface area contributed by atoms with Gasteiger partial charge in [-0.25, -0.2) is 19.4 Å². The number of rotatable bonds is 4. The molecule has 4 aromatic rings. The van der Waals surface area contributed by atoms with Gasteiger partial charge in [-0.1, -0.05) is 25.3 Å². The van der Waals surface area contributed by atoms with E-state index in [4.69, 9.17) is 4.84 Å². The lowest BCUT2D eigenvalue weighted by atomic mass is 9.95. The van der Waals surface area contributed by atoms with Crippen LogP contribution in [0.15, 0.2) is 36.9 Å². The van der Waals surface area contributed by atoms with Gasteiger partial charge in [-0.05, 0) is 36.6 Å². The Bertz CT molecular complexity index is 1270. The summed E-state index contributed by atoms with van der Waals surface area (Å²) in [6.45, 7) is 0. The van der Waals surface area contributed by atoms with Crippen molar-refractivity contribution in [2.75, 3.05) is 14.2 Å². The topological polar surface area (TPSA) is 76.0 Å². The van der Waals surface area contributed by atoms with E-state index in [1.807, 2.05) is 24.5 Å². The molecule has 1 fully saturated rings. The first kappa shape index (κ1) is 19.7. The number of halogens is 1. The summed E-state index contributed by atoms with van der Waals surface area (Å²) in [5, 5.41) is 0.988. The van der Waals surface area contributed by atoms with Crippen LogP contribution in [0.4, 0.5) is 4.39 Å². The predicted molar refractivity (Wildman–Crippen MR) is 116 cm³/mol. The van der Waals surface area contributed by atoms with Gasteiger partial charge < -0.3 is 9.55 Å². The molecule has 0 aliphatic heterocycles. The van der Waals surface area contributed by atoms with Crippen molar-refractivity contribution in [3.63, 3.8) is 0 Å². The average molecular weight is 421 g/mol. The number of nitrogens with one attached hydrogen (secondary N) is 1. The number of aromatic amines is 1. The van der Waals surface area contributed by atoms with Gasteiger partial charge in [-0.3, -0.25) is 9.63 Å². The molecule has 2 aromatic carbocycles. The third-order valence-corrected chi connectivity index (χ3v) is 6.28. The molecule has 1 N–H and O–H groups in total.